The second-order valence-electron chi connectivity index (χ2n) is 9.97. The quantitative estimate of drug-likeness (QED) is 0.352. The third-order valence-electron chi connectivity index (χ3n) is 7.51. The van der Waals surface area contributed by atoms with Gasteiger partial charge in [0.1, 0.15) is 11.3 Å². The topological polar surface area (TPSA) is 75.3 Å². The maximum Gasteiger partial charge on any atom is 0.138 e. The summed E-state index contributed by atoms with van der Waals surface area (Å²) in [5.74, 6) is 0. The van der Waals surface area contributed by atoms with Gasteiger partial charge >= 0.3 is 0 Å². The van der Waals surface area contributed by atoms with Crippen LogP contribution in [0.4, 0.5) is 0 Å². The highest BCUT2D eigenvalue weighted by Crippen LogP contribution is 2.32. The predicted molar refractivity (Wildman–Crippen MR) is 149 cm³/mol. The largest absolute Gasteiger partial charge is 0.370 e. The van der Waals surface area contributed by atoms with Crippen LogP contribution in [0.5, 0.6) is 0 Å². The van der Waals surface area contributed by atoms with Gasteiger partial charge in [-0.2, -0.15) is 5.26 Å². The number of nitrogens with zero attached hydrogens (tertiary/aromatic N) is 5. The van der Waals surface area contributed by atoms with Gasteiger partial charge < -0.3 is 19.6 Å². The maximum absolute atomic E-state index is 9.18. The summed E-state index contributed by atoms with van der Waals surface area (Å²) in [5.41, 5.74) is 15.3. The fraction of sp³-hybridized carbons (Fsp3) is 0.226. The predicted octanol–water partition coefficient (Wildman–Crippen LogP) is 5.58. The van der Waals surface area contributed by atoms with Gasteiger partial charge in [0.25, 0.3) is 0 Å². The summed E-state index contributed by atoms with van der Waals surface area (Å²) in [6.45, 7) is 9.04. The molecule has 6 nitrogen and oxygen atoms in total. The van der Waals surface area contributed by atoms with Crippen LogP contribution in [-0.4, -0.2) is 38.0 Å². The van der Waals surface area contributed by atoms with Crippen molar-refractivity contribution in [3.8, 4) is 17.5 Å². The zero-order valence-corrected chi connectivity index (χ0v) is 21.1. The molecule has 0 spiro atoms. The van der Waals surface area contributed by atoms with Crippen LogP contribution in [0, 0.1) is 18.3 Å². The number of imidazole rings is 1. The minimum Gasteiger partial charge on any atom is -0.370 e. The smallest absolute Gasteiger partial charge is 0.138 e. The highest BCUT2D eigenvalue weighted by atomic mass is 15.2. The minimum atomic E-state index is 0.201. The van der Waals surface area contributed by atoms with Crippen LogP contribution in [0.15, 0.2) is 79.5 Å². The van der Waals surface area contributed by atoms with Crippen molar-refractivity contribution in [2.45, 2.75) is 32.4 Å². The van der Waals surface area contributed by atoms with Crippen molar-refractivity contribution >= 4 is 22.2 Å². The number of rotatable bonds is 5. The average molecular weight is 487 g/mol. The van der Waals surface area contributed by atoms with Crippen molar-refractivity contribution in [2.24, 2.45) is 5.73 Å². The lowest BCUT2D eigenvalue weighted by Gasteiger charge is -2.34. The first-order valence-corrected chi connectivity index (χ1v) is 12.8. The molecule has 184 valence electrons. The van der Waals surface area contributed by atoms with Crippen molar-refractivity contribution in [1.82, 2.24) is 18.9 Å². The fourth-order valence-electron chi connectivity index (χ4n) is 5.47. The van der Waals surface area contributed by atoms with E-state index < -0.39 is 0 Å². The van der Waals surface area contributed by atoms with Gasteiger partial charge in [0, 0.05) is 59.7 Å². The Hall–Kier alpha value is -4.34. The number of aromatic nitrogens is 3. The first kappa shape index (κ1) is 23.1. The molecule has 37 heavy (non-hydrogen) atoms. The van der Waals surface area contributed by atoms with Gasteiger partial charge in [-0.15, -0.1) is 0 Å². The fourth-order valence-corrected chi connectivity index (χ4v) is 5.47. The molecular weight excluding hydrogens is 456 g/mol. The number of hydrogen-bond donors (Lipinski definition) is 1. The van der Waals surface area contributed by atoms with Gasteiger partial charge in [0.2, 0.25) is 0 Å². The Labute approximate surface area is 216 Å². The van der Waals surface area contributed by atoms with E-state index >= 15 is 0 Å². The number of nitrogens with two attached hydrogens (primary N) is 1. The second kappa shape index (κ2) is 9.27. The molecule has 1 atom stereocenters. The van der Waals surface area contributed by atoms with E-state index in [0.29, 0.717) is 12.1 Å². The number of aryl methyl sites for hydroxylation is 1. The van der Waals surface area contributed by atoms with E-state index in [-0.39, 0.29) is 6.04 Å². The Morgan fingerprint density at radius 1 is 1.14 bits per heavy atom. The molecule has 2 aromatic carbocycles. The number of fused-ring (bicyclic) bond motifs is 2. The van der Waals surface area contributed by atoms with Crippen LogP contribution < -0.4 is 5.73 Å². The van der Waals surface area contributed by atoms with Crippen LogP contribution >= 0.6 is 0 Å². The summed E-state index contributed by atoms with van der Waals surface area (Å²) in [4.78, 5) is 7.42. The monoisotopic (exact) mass is 486 g/mol. The van der Waals surface area contributed by atoms with Gasteiger partial charge in [-0.05, 0) is 61.7 Å². The van der Waals surface area contributed by atoms with Gasteiger partial charge in [0.05, 0.1) is 17.3 Å². The number of likely N-dealkylation sites (tertiary alicyclic amines) is 1. The van der Waals surface area contributed by atoms with Gasteiger partial charge in [-0.25, -0.2) is 4.98 Å². The lowest BCUT2D eigenvalue weighted by atomic mass is 10.0. The molecule has 2 N–H and O–H groups in total. The molecule has 1 aliphatic rings. The zero-order valence-electron chi connectivity index (χ0n) is 21.1. The van der Waals surface area contributed by atoms with E-state index in [0.717, 1.165) is 71.0 Å². The lowest BCUT2D eigenvalue weighted by molar-refractivity contribution is 0.296. The molecule has 6 heteroatoms. The Kier molecular flexibility index (Phi) is 5.78. The molecule has 0 amide bonds. The summed E-state index contributed by atoms with van der Waals surface area (Å²) < 4.78 is 4.47. The zero-order chi connectivity index (χ0) is 25.5. The molecule has 1 unspecified atom stereocenters. The van der Waals surface area contributed by atoms with Crippen molar-refractivity contribution in [3.05, 3.63) is 102 Å². The molecule has 0 saturated carbocycles. The number of pyridine rings is 1. The molecule has 3 aromatic heterocycles. The van der Waals surface area contributed by atoms with Crippen LogP contribution in [0.2, 0.25) is 0 Å². The first-order chi connectivity index (χ1) is 18.0. The van der Waals surface area contributed by atoms with Crippen LogP contribution in [0.1, 0.15) is 35.2 Å². The number of benzene rings is 2. The molecule has 1 aliphatic heterocycles. The molecule has 4 heterocycles. The molecule has 0 radical (unpaired) electrons. The van der Waals surface area contributed by atoms with E-state index in [1.165, 1.54) is 5.39 Å². The molecule has 1 fully saturated rings. The van der Waals surface area contributed by atoms with Crippen LogP contribution in [0.3, 0.4) is 0 Å². The summed E-state index contributed by atoms with van der Waals surface area (Å²) in [6.07, 6.45) is 4.26. The van der Waals surface area contributed by atoms with E-state index in [1.54, 1.807) is 0 Å². The molecule has 1 saturated heterocycles. The number of piperidine rings is 1. The van der Waals surface area contributed by atoms with Crippen molar-refractivity contribution in [1.29, 1.82) is 5.26 Å². The van der Waals surface area contributed by atoms with Crippen molar-refractivity contribution in [3.63, 3.8) is 0 Å². The summed E-state index contributed by atoms with van der Waals surface area (Å²) in [5, 5.41) is 10.4. The SMILES string of the molecule is C=C(c1ccn2c(C)c(-c3cc4ccccc4n3Cc3ccc(C#N)cc3)nc2c1)N1CCCC(N)C1. The second-order valence-corrected chi connectivity index (χ2v) is 9.97. The molecule has 0 bridgehead atoms. The highest BCUT2D eigenvalue weighted by Gasteiger charge is 2.21. The third kappa shape index (κ3) is 4.18. The summed E-state index contributed by atoms with van der Waals surface area (Å²) >= 11 is 0. The summed E-state index contributed by atoms with van der Waals surface area (Å²) in [6, 6.07) is 25.1. The molecule has 0 aliphatic carbocycles. The molecule has 6 rings (SSSR count). The number of nitriles is 1. The number of para-hydroxylation sites is 1. The Morgan fingerprint density at radius 3 is 2.73 bits per heavy atom. The van der Waals surface area contributed by atoms with Crippen LogP contribution in [-0.2, 0) is 6.54 Å². The standard InChI is InChI=1S/C31H30N6/c1-21(35-14-5-7-27(33)20-35)25-13-15-36-22(2)31(34-30(36)17-25)29-16-26-6-3-4-8-28(26)37(29)19-24-11-9-23(18-32)10-12-24/h3-4,6,8-13,15-17,27H,1,5,7,14,19-20,33H2,2H3. The van der Waals surface area contributed by atoms with E-state index in [4.69, 9.17) is 10.7 Å². The molecule has 5 aromatic rings. The maximum atomic E-state index is 9.18. The summed E-state index contributed by atoms with van der Waals surface area (Å²) in [7, 11) is 0. The van der Waals surface area contributed by atoms with E-state index in [9.17, 15) is 5.26 Å². The van der Waals surface area contributed by atoms with E-state index in [1.807, 2.05) is 24.3 Å². The normalized spacial score (nSPS) is 15.8. The van der Waals surface area contributed by atoms with Crippen molar-refractivity contribution < 1.29 is 0 Å². The lowest BCUT2D eigenvalue weighted by Crippen LogP contribution is -2.41. The van der Waals surface area contributed by atoms with E-state index in [2.05, 4.69) is 82.1 Å². The third-order valence-corrected chi connectivity index (χ3v) is 7.51. The first-order valence-electron chi connectivity index (χ1n) is 12.8. The Bertz CT molecular complexity index is 1660. The molecular formula is C31H30N6. The van der Waals surface area contributed by atoms with Crippen molar-refractivity contribution in [2.75, 3.05) is 13.1 Å². The van der Waals surface area contributed by atoms with Gasteiger partial charge in [-0.1, -0.05) is 36.9 Å². The van der Waals surface area contributed by atoms with Gasteiger partial charge in [0.15, 0.2) is 0 Å². The minimum absolute atomic E-state index is 0.201. The number of hydrogen-bond acceptors (Lipinski definition) is 4. The Morgan fingerprint density at radius 2 is 1.95 bits per heavy atom. The Balaban J connectivity index is 1.42. The van der Waals surface area contributed by atoms with Crippen LogP contribution in [0.25, 0.3) is 33.6 Å². The average Bonchev–Trinajstić information content (AvgIpc) is 3.45. The highest BCUT2D eigenvalue weighted by molar-refractivity contribution is 5.87. The van der Waals surface area contributed by atoms with Gasteiger partial charge in [-0.3, -0.25) is 0 Å².